The van der Waals surface area contributed by atoms with Crippen LogP contribution < -0.4 is 5.32 Å². The number of hydrogen-bond acceptors (Lipinski definition) is 1. The van der Waals surface area contributed by atoms with Gasteiger partial charge in [0.2, 0.25) is 0 Å². The Hall–Kier alpha value is -1.98. The number of H-pyrrole nitrogens is 1. The fraction of sp³-hybridized carbons (Fsp3) is 0.400. The molecule has 1 aliphatic rings. The van der Waals surface area contributed by atoms with Crippen molar-refractivity contribution >= 4 is 5.57 Å². The molecule has 2 N–H and O–H groups in total. The number of nitrogens with one attached hydrogen (secondary N) is 2. The van der Waals surface area contributed by atoms with Crippen LogP contribution in [0.3, 0.4) is 0 Å². The fourth-order valence-corrected chi connectivity index (χ4v) is 2.54. The van der Waals surface area contributed by atoms with Crippen molar-refractivity contribution in [1.82, 2.24) is 10.3 Å². The van der Waals surface area contributed by atoms with Crippen LogP contribution in [-0.2, 0) is 0 Å². The zero-order valence-corrected chi connectivity index (χ0v) is 13.4. The Kier molecular flexibility index (Phi) is 10.6. The molecule has 0 saturated carbocycles. The monoisotopic (exact) mass is 298 g/mol. The molecule has 1 fully saturated rings. The molecule has 0 aliphatic carbocycles. The lowest BCUT2D eigenvalue weighted by molar-refractivity contribution is 0.611. The summed E-state index contributed by atoms with van der Waals surface area (Å²) in [6, 6.07) is 2.16. The van der Waals surface area contributed by atoms with E-state index in [1.807, 2.05) is 6.20 Å². The molecule has 2 heterocycles. The highest BCUT2D eigenvalue weighted by atomic mass is 14.9. The molecule has 2 nitrogen and oxygen atoms in total. The van der Waals surface area contributed by atoms with E-state index in [1.54, 1.807) is 12.5 Å². The van der Waals surface area contributed by atoms with Gasteiger partial charge < -0.3 is 10.3 Å². The Morgan fingerprint density at radius 2 is 1.91 bits per heavy atom. The van der Waals surface area contributed by atoms with Gasteiger partial charge in [0, 0.05) is 12.4 Å². The number of rotatable bonds is 3. The minimum Gasteiger partial charge on any atom is -0.367 e. The summed E-state index contributed by atoms with van der Waals surface area (Å²) >= 11 is 0. The van der Waals surface area contributed by atoms with E-state index < -0.39 is 0 Å². The summed E-state index contributed by atoms with van der Waals surface area (Å²) in [5.74, 6) is 2.25. The van der Waals surface area contributed by atoms with E-state index in [4.69, 9.17) is 0 Å². The summed E-state index contributed by atoms with van der Waals surface area (Å²) in [5.41, 5.74) is 5.62. The summed E-state index contributed by atoms with van der Waals surface area (Å²) in [6.45, 7) is 8.03. The van der Waals surface area contributed by atoms with Crippen LogP contribution >= 0.6 is 0 Å². The highest BCUT2D eigenvalue weighted by Gasteiger charge is 2.14. The lowest BCUT2D eigenvalue weighted by atomic mass is 9.89. The predicted octanol–water partition coefficient (Wildman–Crippen LogP) is 4.95. The molecule has 0 bridgehead atoms. The van der Waals surface area contributed by atoms with Crippen LogP contribution in [0, 0.1) is 12.3 Å². The Bertz CT molecular complexity index is 529. The first-order chi connectivity index (χ1) is 10.3. The third-order valence-corrected chi connectivity index (χ3v) is 3.39. The van der Waals surface area contributed by atoms with Crippen molar-refractivity contribution in [3.8, 4) is 12.3 Å². The summed E-state index contributed by atoms with van der Waals surface area (Å²) in [7, 11) is 0. The third-order valence-electron chi connectivity index (χ3n) is 3.39. The average Bonchev–Trinajstić information content (AvgIpc) is 3.02. The molecular formula is C20H30N2. The quantitative estimate of drug-likeness (QED) is 0.600. The Balaban J connectivity index is 0.00000102. The molecule has 1 aromatic rings. The molecule has 1 aromatic heterocycles. The number of allylic oxidation sites excluding steroid dienone is 5. The molecule has 1 aliphatic heterocycles. The first kappa shape index (κ1) is 20.0. The van der Waals surface area contributed by atoms with E-state index in [0.29, 0.717) is 0 Å². The zero-order valence-electron chi connectivity index (χ0n) is 13.4. The second kappa shape index (κ2) is 11.7. The highest BCUT2D eigenvalue weighted by Crippen LogP contribution is 2.31. The molecule has 0 unspecified atom stereocenters. The molecule has 0 spiro atoms. The van der Waals surface area contributed by atoms with Crippen molar-refractivity contribution < 1.29 is 0 Å². The summed E-state index contributed by atoms with van der Waals surface area (Å²) < 4.78 is 0. The van der Waals surface area contributed by atoms with Gasteiger partial charge in [-0.1, -0.05) is 31.2 Å². The van der Waals surface area contributed by atoms with Crippen molar-refractivity contribution in [2.24, 2.45) is 0 Å². The Labute approximate surface area is 136 Å². The molecule has 120 valence electrons. The smallest absolute Gasteiger partial charge is 0.00843 e. The molecule has 1 saturated heterocycles. The first-order valence-corrected chi connectivity index (χ1v) is 7.51. The lowest BCUT2D eigenvalue weighted by Crippen LogP contribution is -2.23. The average molecular weight is 298 g/mol. The number of aromatic amines is 1. The molecule has 0 aromatic carbocycles. The minimum absolute atomic E-state index is 0. The van der Waals surface area contributed by atoms with E-state index in [0.717, 1.165) is 25.9 Å². The molecule has 2 rings (SSSR count). The minimum atomic E-state index is 0. The maximum atomic E-state index is 4.60. The molecule has 0 atom stereocenters. The van der Waals surface area contributed by atoms with E-state index in [9.17, 15) is 0 Å². The van der Waals surface area contributed by atoms with Gasteiger partial charge in [-0.25, -0.2) is 0 Å². The van der Waals surface area contributed by atoms with Crippen LogP contribution in [0.25, 0.3) is 5.57 Å². The maximum absolute atomic E-state index is 4.60. The van der Waals surface area contributed by atoms with Crippen LogP contribution in [0.15, 0.2) is 47.8 Å². The second-order valence-corrected chi connectivity index (χ2v) is 4.86. The molecule has 0 radical (unpaired) electrons. The van der Waals surface area contributed by atoms with Crippen LogP contribution in [0.4, 0.5) is 0 Å². The van der Waals surface area contributed by atoms with Gasteiger partial charge >= 0.3 is 0 Å². The fourth-order valence-electron chi connectivity index (χ4n) is 2.54. The number of terminal acetylenes is 1. The van der Waals surface area contributed by atoms with Crippen molar-refractivity contribution in [3.63, 3.8) is 0 Å². The van der Waals surface area contributed by atoms with E-state index in [2.05, 4.69) is 67.0 Å². The topological polar surface area (TPSA) is 27.8 Å². The second-order valence-electron chi connectivity index (χ2n) is 4.86. The Morgan fingerprint density at radius 3 is 2.36 bits per heavy atom. The normalized spacial score (nSPS) is 14.6. The van der Waals surface area contributed by atoms with Gasteiger partial charge in [0.05, 0.1) is 0 Å². The van der Waals surface area contributed by atoms with E-state index >= 15 is 0 Å². The summed E-state index contributed by atoms with van der Waals surface area (Å²) in [6.07, 6.45) is 17.5. The van der Waals surface area contributed by atoms with E-state index in [-0.39, 0.29) is 7.43 Å². The van der Waals surface area contributed by atoms with Crippen LogP contribution in [-0.4, -0.2) is 18.1 Å². The highest BCUT2D eigenvalue weighted by molar-refractivity contribution is 5.83. The van der Waals surface area contributed by atoms with Crippen molar-refractivity contribution in [3.05, 3.63) is 53.4 Å². The van der Waals surface area contributed by atoms with Gasteiger partial charge in [-0.3, -0.25) is 0 Å². The Morgan fingerprint density at radius 1 is 1.27 bits per heavy atom. The largest absolute Gasteiger partial charge is 0.367 e. The first-order valence-electron chi connectivity index (χ1n) is 7.51. The number of hydrogen-bond donors (Lipinski definition) is 2. The maximum Gasteiger partial charge on any atom is 0.00843 e. The van der Waals surface area contributed by atoms with Crippen molar-refractivity contribution in [2.45, 2.75) is 41.0 Å². The molecule has 22 heavy (non-hydrogen) atoms. The van der Waals surface area contributed by atoms with Gasteiger partial charge in [0.15, 0.2) is 0 Å². The van der Waals surface area contributed by atoms with Gasteiger partial charge in [-0.15, -0.1) is 12.3 Å². The van der Waals surface area contributed by atoms with Gasteiger partial charge in [-0.2, -0.15) is 0 Å². The van der Waals surface area contributed by atoms with Crippen LogP contribution in [0.2, 0.25) is 0 Å². The number of aromatic nitrogens is 1. The van der Waals surface area contributed by atoms with E-state index in [1.165, 1.54) is 16.7 Å². The third kappa shape index (κ3) is 5.79. The number of piperidine rings is 1. The molecule has 2 heteroatoms. The predicted molar refractivity (Wildman–Crippen MR) is 99.6 cm³/mol. The standard InChI is InChI=1S/C16H22N2.C3H4.CH4/c1-3-5-13(4-2)16(15-8-11-18-12-15)14-6-9-17-10-7-14;1-3-2;/h3-5,8,11-12,17-18H,6-7,9-10H2,1-2H3;1H,2H3;1H4/b5-3-,13-4+;;. The molecule has 0 amide bonds. The van der Waals surface area contributed by atoms with Gasteiger partial charge in [-0.05, 0) is 69.5 Å². The van der Waals surface area contributed by atoms with Gasteiger partial charge in [0.25, 0.3) is 0 Å². The van der Waals surface area contributed by atoms with Crippen molar-refractivity contribution in [2.75, 3.05) is 13.1 Å². The summed E-state index contributed by atoms with van der Waals surface area (Å²) in [4.78, 5) is 3.17. The molecular weight excluding hydrogens is 268 g/mol. The zero-order chi connectivity index (χ0) is 15.5. The van der Waals surface area contributed by atoms with Crippen molar-refractivity contribution in [1.29, 1.82) is 0 Å². The van der Waals surface area contributed by atoms with Crippen LogP contribution in [0.1, 0.15) is 46.6 Å². The van der Waals surface area contributed by atoms with Crippen LogP contribution in [0.5, 0.6) is 0 Å². The van der Waals surface area contributed by atoms with Gasteiger partial charge in [0.1, 0.15) is 0 Å². The lowest BCUT2D eigenvalue weighted by Gasteiger charge is -2.21. The SMILES string of the molecule is C.C#CC.C/C=C\C(=C/C)C(=C1CCNCC1)c1cc[nH]c1. The summed E-state index contributed by atoms with van der Waals surface area (Å²) in [5, 5.41) is 3.42.